The highest BCUT2D eigenvalue weighted by atomic mass is 16.5. The van der Waals surface area contributed by atoms with E-state index in [-0.39, 0.29) is 12.0 Å². The third kappa shape index (κ3) is 3.62. The molecule has 3 rings (SSSR count). The first kappa shape index (κ1) is 16.6. The molecule has 0 radical (unpaired) electrons. The summed E-state index contributed by atoms with van der Waals surface area (Å²) in [4.78, 5) is 27.5. The van der Waals surface area contributed by atoms with E-state index in [2.05, 4.69) is 15.0 Å². The number of hydrogen-bond acceptors (Lipinski definition) is 5. The maximum Gasteiger partial charge on any atom is 0.242 e. The number of ether oxygens (including phenoxy) is 1. The van der Waals surface area contributed by atoms with Gasteiger partial charge in [-0.3, -0.25) is 4.79 Å². The van der Waals surface area contributed by atoms with Gasteiger partial charge in [-0.05, 0) is 19.9 Å². The lowest BCUT2D eigenvalue weighted by Crippen LogP contribution is -2.44. The Labute approximate surface area is 141 Å². The van der Waals surface area contributed by atoms with Crippen molar-refractivity contribution in [3.05, 3.63) is 41.5 Å². The first-order valence-electron chi connectivity index (χ1n) is 8.28. The van der Waals surface area contributed by atoms with Crippen LogP contribution in [0, 0.1) is 13.8 Å². The van der Waals surface area contributed by atoms with Crippen LogP contribution < -0.4 is 0 Å². The van der Waals surface area contributed by atoms with Gasteiger partial charge >= 0.3 is 0 Å². The predicted octanol–water partition coefficient (Wildman–Crippen LogP) is 1.45. The zero-order chi connectivity index (χ0) is 17.1. The van der Waals surface area contributed by atoms with Gasteiger partial charge in [-0.25, -0.2) is 15.0 Å². The lowest BCUT2D eigenvalue weighted by atomic mass is 10.1. The molecule has 2 aromatic heterocycles. The third-order valence-electron chi connectivity index (χ3n) is 4.16. The van der Waals surface area contributed by atoms with Crippen molar-refractivity contribution in [1.82, 2.24) is 24.4 Å². The number of amides is 1. The Morgan fingerprint density at radius 3 is 2.96 bits per heavy atom. The smallest absolute Gasteiger partial charge is 0.242 e. The summed E-state index contributed by atoms with van der Waals surface area (Å²) in [6, 6.07) is 1.93. The van der Waals surface area contributed by atoms with Gasteiger partial charge in [-0.2, -0.15) is 0 Å². The van der Waals surface area contributed by atoms with Crippen LogP contribution in [0.25, 0.3) is 0 Å². The Hall–Kier alpha value is -2.28. The summed E-state index contributed by atoms with van der Waals surface area (Å²) < 4.78 is 7.74. The quantitative estimate of drug-likeness (QED) is 0.849. The Balaban J connectivity index is 1.69. The summed E-state index contributed by atoms with van der Waals surface area (Å²) in [5.74, 6) is 1.73. The fourth-order valence-electron chi connectivity index (χ4n) is 3.01. The second-order valence-electron chi connectivity index (χ2n) is 6.01. The molecule has 7 heteroatoms. The molecule has 7 nitrogen and oxygen atoms in total. The largest absolute Gasteiger partial charge is 0.368 e. The monoisotopic (exact) mass is 329 g/mol. The van der Waals surface area contributed by atoms with E-state index in [1.54, 1.807) is 6.20 Å². The van der Waals surface area contributed by atoms with Crippen molar-refractivity contribution in [3.8, 4) is 0 Å². The van der Waals surface area contributed by atoms with Crippen molar-refractivity contribution in [3.63, 3.8) is 0 Å². The van der Waals surface area contributed by atoms with Crippen LogP contribution in [0.5, 0.6) is 0 Å². The van der Waals surface area contributed by atoms with Gasteiger partial charge in [0.25, 0.3) is 0 Å². The van der Waals surface area contributed by atoms with Gasteiger partial charge in [-0.1, -0.05) is 6.92 Å². The number of carbonyl (C=O) groups excluding carboxylic acids is 1. The van der Waals surface area contributed by atoms with Crippen molar-refractivity contribution >= 4 is 5.91 Å². The highest BCUT2D eigenvalue weighted by Gasteiger charge is 2.27. The van der Waals surface area contributed by atoms with Crippen LogP contribution in [0.4, 0.5) is 0 Å². The summed E-state index contributed by atoms with van der Waals surface area (Å²) >= 11 is 0. The molecule has 0 saturated carbocycles. The summed E-state index contributed by atoms with van der Waals surface area (Å²) in [6.07, 6.45) is 4.20. The molecule has 1 amide bonds. The van der Waals surface area contributed by atoms with Crippen molar-refractivity contribution in [1.29, 1.82) is 0 Å². The second kappa shape index (κ2) is 7.09. The SMILES string of the molecule is CCc1nccn1CC(=O)N1CCO[C@@H](c2cc(C)nc(C)n2)C1. The van der Waals surface area contributed by atoms with Crippen LogP contribution in [0.3, 0.4) is 0 Å². The Morgan fingerprint density at radius 2 is 2.21 bits per heavy atom. The summed E-state index contributed by atoms with van der Waals surface area (Å²) in [5, 5.41) is 0. The average molecular weight is 329 g/mol. The third-order valence-corrected chi connectivity index (χ3v) is 4.16. The van der Waals surface area contributed by atoms with Crippen LogP contribution in [-0.4, -0.2) is 50.0 Å². The fourth-order valence-corrected chi connectivity index (χ4v) is 3.01. The Morgan fingerprint density at radius 1 is 1.38 bits per heavy atom. The molecule has 2 aromatic rings. The Bertz CT molecular complexity index is 707. The number of rotatable bonds is 4. The first-order chi connectivity index (χ1) is 11.6. The molecule has 1 atom stereocenters. The lowest BCUT2D eigenvalue weighted by Gasteiger charge is -2.33. The van der Waals surface area contributed by atoms with Gasteiger partial charge in [0.2, 0.25) is 5.91 Å². The molecule has 0 spiro atoms. The maximum atomic E-state index is 12.6. The first-order valence-corrected chi connectivity index (χ1v) is 8.28. The molecule has 0 aliphatic carbocycles. The minimum atomic E-state index is -0.198. The van der Waals surface area contributed by atoms with Crippen molar-refractivity contribution in [2.45, 2.75) is 39.8 Å². The number of nitrogens with zero attached hydrogens (tertiary/aromatic N) is 5. The topological polar surface area (TPSA) is 73.1 Å². The van der Waals surface area contributed by atoms with Crippen LogP contribution in [0.15, 0.2) is 18.5 Å². The highest BCUT2D eigenvalue weighted by molar-refractivity contribution is 5.76. The fraction of sp³-hybridized carbons (Fsp3) is 0.529. The second-order valence-corrected chi connectivity index (χ2v) is 6.01. The zero-order valence-corrected chi connectivity index (χ0v) is 14.4. The Kier molecular flexibility index (Phi) is 4.89. The number of aromatic nitrogens is 4. The minimum absolute atomic E-state index is 0.0819. The van der Waals surface area contributed by atoms with Gasteiger partial charge in [0.1, 0.15) is 24.3 Å². The molecule has 128 valence electrons. The molecule has 0 bridgehead atoms. The number of morpholine rings is 1. The van der Waals surface area contributed by atoms with E-state index in [0.717, 1.165) is 29.5 Å². The van der Waals surface area contributed by atoms with E-state index < -0.39 is 0 Å². The van der Waals surface area contributed by atoms with Crippen molar-refractivity contribution in [2.24, 2.45) is 0 Å². The molecule has 24 heavy (non-hydrogen) atoms. The van der Waals surface area contributed by atoms with Crippen LogP contribution in [0.2, 0.25) is 0 Å². The van der Waals surface area contributed by atoms with E-state index in [4.69, 9.17) is 4.74 Å². The average Bonchev–Trinajstić information content (AvgIpc) is 3.01. The van der Waals surface area contributed by atoms with E-state index in [1.165, 1.54) is 0 Å². The normalized spacial score (nSPS) is 18.0. The zero-order valence-electron chi connectivity index (χ0n) is 14.4. The number of carbonyl (C=O) groups is 1. The van der Waals surface area contributed by atoms with Crippen LogP contribution >= 0.6 is 0 Å². The standard InChI is InChI=1S/C17H23N5O2/c1-4-16-18-5-6-21(16)11-17(23)22-7-8-24-15(10-22)14-9-12(2)19-13(3)20-14/h5-6,9,15H,4,7-8,10-11H2,1-3H3/t15-/m1/s1. The van der Waals surface area contributed by atoms with E-state index in [0.29, 0.717) is 26.2 Å². The summed E-state index contributed by atoms with van der Waals surface area (Å²) in [5.41, 5.74) is 1.75. The molecule has 1 aliphatic heterocycles. The molecule has 1 fully saturated rings. The van der Waals surface area contributed by atoms with E-state index >= 15 is 0 Å². The van der Waals surface area contributed by atoms with Crippen molar-refractivity contribution in [2.75, 3.05) is 19.7 Å². The molecule has 1 aliphatic rings. The molecular weight excluding hydrogens is 306 g/mol. The molecular formula is C17H23N5O2. The predicted molar refractivity (Wildman–Crippen MR) is 88.4 cm³/mol. The minimum Gasteiger partial charge on any atom is -0.368 e. The van der Waals surface area contributed by atoms with Crippen LogP contribution in [-0.2, 0) is 22.5 Å². The van der Waals surface area contributed by atoms with Gasteiger partial charge in [0.05, 0.1) is 18.8 Å². The van der Waals surface area contributed by atoms with E-state index in [9.17, 15) is 4.79 Å². The van der Waals surface area contributed by atoms with Gasteiger partial charge < -0.3 is 14.2 Å². The molecule has 0 aromatic carbocycles. The molecule has 3 heterocycles. The molecule has 0 unspecified atom stereocenters. The number of hydrogen-bond donors (Lipinski definition) is 0. The molecule has 1 saturated heterocycles. The summed E-state index contributed by atoms with van der Waals surface area (Å²) in [6.45, 7) is 7.80. The summed E-state index contributed by atoms with van der Waals surface area (Å²) in [7, 11) is 0. The van der Waals surface area contributed by atoms with Crippen molar-refractivity contribution < 1.29 is 9.53 Å². The van der Waals surface area contributed by atoms with Gasteiger partial charge in [-0.15, -0.1) is 0 Å². The number of aryl methyl sites for hydroxylation is 3. The maximum absolute atomic E-state index is 12.6. The lowest BCUT2D eigenvalue weighted by molar-refractivity contribution is -0.139. The van der Waals surface area contributed by atoms with Crippen LogP contribution in [0.1, 0.15) is 36.1 Å². The van der Waals surface area contributed by atoms with Gasteiger partial charge in [0, 0.05) is 31.1 Å². The van der Waals surface area contributed by atoms with Gasteiger partial charge in [0.15, 0.2) is 0 Å². The number of imidazole rings is 1. The molecule has 0 N–H and O–H groups in total. The van der Waals surface area contributed by atoms with E-state index in [1.807, 2.05) is 42.5 Å². The highest BCUT2D eigenvalue weighted by Crippen LogP contribution is 2.21.